The maximum absolute atomic E-state index is 12.8. The van der Waals surface area contributed by atoms with Crippen molar-refractivity contribution in [3.8, 4) is 0 Å². The van der Waals surface area contributed by atoms with E-state index in [-0.39, 0.29) is 11.8 Å². The zero-order valence-corrected chi connectivity index (χ0v) is 13.4. The zero-order valence-electron chi connectivity index (χ0n) is 12.6. The summed E-state index contributed by atoms with van der Waals surface area (Å²) >= 11 is 1.55. The summed E-state index contributed by atoms with van der Waals surface area (Å²) in [6.45, 7) is 1.76. The van der Waals surface area contributed by atoms with Crippen LogP contribution >= 0.6 is 11.8 Å². The van der Waals surface area contributed by atoms with Crippen molar-refractivity contribution in [1.82, 2.24) is 15.1 Å². The van der Waals surface area contributed by atoms with Crippen molar-refractivity contribution in [3.05, 3.63) is 29.8 Å². The van der Waals surface area contributed by atoms with Crippen LogP contribution in [0.15, 0.2) is 29.2 Å². The number of nitrogens with zero attached hydrogens (tertiary/aromatic N) is 2. The lowest BCUT2D eigenvalue weighted by molar-refractivity contribution is -0.134. The van der Waals surface area contributed by atoms with E-state index in [1.165, 1.54) is 0 Å². The van der Waals surface area contributed by atoms with Gasteiger partial charge in [-0.25, -0.2) is 0 Å². The Morgan fingerprint density at radius 2 is 2.05 bits per heavy atom. The van der Waals surface area contributed by atoms with Gasteiger partial charge in [-0.15, -0.1) is 11.8 Å². The Bertz CT molecular complexity index is 533. The first-order valence-electron chi connectivity index (χ1n) is 6.92. The van der Waals surface area contributed by atoms with Crippen LogP contribution in [-0.2, 0) is 4.79 Å². The number of likely N-dealkylation sites (N-methyl/N-ethyl adjacent to an activating group) is 1. The molecule has 114 valence electrons. The van der Waals surface area contributed by atoms with Gasteiger partial charge in [0, 0.05) is 38.6 Å². The molecule has 1 heterocycles. The summed E-state index contributed by atoms with van der Waals surface area (Å²) in [4.78, 5) is 29.3. The second-order valence-electron chi connectivity index (χ2n) is 5.15. The maximum Gasteiger partial charge on any atom is 0.255 e. The molecule has 1 aromatic rings. The Morgan fingerprint density at radius 3 is 2.71 bits per heavy atom. The van der Waals surface area contributed by atoms with Gasteiger partial charge in [-0.3, -0.25) is 9.59 Å². The molecular formula is C15H21N3O2S. The summed E-state index contributed by atoms with van der Waals surface area (Å²) in [5, 5.41) is 3.19. The topological polar surface area (TPSA) is 52.7 Å². The fourth-order valence-electron chi connectivity index (χ4n) is 2.44. The average Bonchev–Trinajstić information content (AvgIpc) is 2.53. The summed E-state index contributed by atoms with van der Waals surface area (Å²) in [5.74, 6) is -0.112. The highest BCUT2D eigenvalue weighted by Crippen LogP contribution is 2.22. The van der Waals surface area contributed by atoms with Gasteiger partial charge in [-0.2, -0.15) is 0 Å². The van der Waals surface area contributed by atoms with E-state index in [0.717, 1.165) is 4.90 Å². The van der Waals surface area contributed by atoms with Crippen LogP contribution < -0.4 is 5.32 Å². The molecule has 5 nitrogen and oxygen atoms in total. The molecule has 1 fully saturated rings. The van der Waals surface area contributed by atoms with Gasteiger partial charge in [0.05, 0.1) is 5.56 Å². The molecule has 0 saturated carbocycles. The number of rotatable bonds is 3. The minimum atomic E-state index is -0.434. The molecule has 21 heavy (non-hydrogen) atoms. The Morgan fingerprint density at radius 1 is 1.33 bits per heavy atom. The molecule has 1 saturated heterocycles. The lowest BCUT2D eigenvalue weighted by atomic mass is 10.1. The lowest BCUT2D eigenvalue weighted by Crippen LogP contribution is -2.59. The van der Waals surface area contributed by atoms with Gasteiger partial charge in [0.15, 0.2) is 0 Å². The second kappa shape index (κ2) is 6.95. The van der Waals surface area contributed by atoms with E-state index < -0.39 is 6.04 Å². The van der Waals surface area contributed by atoms with Crippen LogP contribution in [0.3, 0.4) is 0 Å². The number of nitrogens with one attached hydrogen (secondary N) is 1. The number of hydrogen-bond donors (Lipinski definition) is 1. The van der Waals surface area contributed by atoms with Gasteiger partial charge in [-0.1, -0.05) is 12.1 Å². The number of amides is 2. The van der Waals surface area contributed by atoms with Crippen LogP contribution in [0.4, 0.5) is 0 Å². The molecule has 1 atom stereocenters. The quantitative estimate of drug-likeness (QED) is 0.844. The number of thioether (sulfide) groups is 1. The monoisotopic (exact) mass is 307 g/mol. The van der Waals surface area contributed by atoms with Crippen LogP contribution in [0.2, 0.25) is 0 Å². The third kappa shape index (κ3) is 3.39. The highest BCUT2D eigenvalue weighted by atomic mass is 32.2. The molecule has 1 aromatic carbocycles. The number of carbonyl (C=O) groups is 2. The van der Waals surface area contributed by atoms with Crippen LogP contribution in [0.5, 0.6) is 0 Å². The van der Waals surface area contributed by atoms with E-state index in [1.807, 2.05) is 30.5 Å². The van der Waals surface area contributed by atoms with Crippen LogP contribution in [0.25, 0.3) is 0 Å². The normalized spacial score (nSPS) is 18.4. The molecule has 0 aliphatic carbocycles. The first kappa shape index (κ1) is 15.9. The molecular weight excluding hydrogens is 286 g/mol. The van der Waals surface area contributed by atoms with E-state index in [0.29, 0.717) is 25.2 Å². The standard InChI is InChI=1S/C15H21N3O2S/c1-17(2)15(20)12-10-16-8-9-18(12)14(19)11-6-4-5-7-13(11)21-3/h4-7,12,16H,8-10H2,1-3H3. The summed E-state index contributed by atoms with van der Waals surface area (Å²) in [6.07, 6.45) is 1.95. The molecule has 0 bridgehead atoms. The van der Waals surface area contributed by atoms with Gasteiger partial charge in [0.25, 0.3) is 5.91 Å². The van der Waals surface area contributed by atoms with E-state index in [1.54, 1.807) is 35.7 Å². The molecule has 2 rings (SSSR count). The van der Waals surface area contributed by atoms with Crippen molar-refractivity contribution in [1.29, 1.82) is 0 Å². The lowest BCUT2D eigenvalue weighted by Gasteiger charge is -2.36. The summed E-state index contributed by atoms with van der Waals surface area (Å²) in [7, 11) is 3.44. The number of hydrogen-bond acceptors (Lipinski definition) is 4. The fraction of sp³-hybridized carbons (Fsp3) is 0.467. The van der Waals surface area contributed by atoms with Crippen LogP contribution in [0.1, 0.15) is 10.4 Å². The fourth-order valence-corrected chi connectivity index (χ4v) is 3.03. The Kier molecular flexibility index (Phi) is 5.25. The zero-order chi connectivity index (χ0) is 15.4. The predicted molar refractivity (Wildman–Crippen MR) is 84.6 cm³/mol. The Hall–Kier alpha value is -1.53. The summed E-state index contributed by atoms with van der Waals surface area (Å²) in [5.41, 5.74) is 0.670. The van der Waals surface area contributed by atoms with Crippen molar-refractivity contribution in [2.24, 2.45) is 0 Å². The van der Waals surface area contributed by atoms with Gasteiger partial charge >= 0.3 is 0 Å². The SMILES string of the molecule is CSc1ccccc1C(=O)N1CCNCC1C(=O)N(C)C. The Labute approximate surface area is 129 Å². The van der Waals surface area contributed by atoms with Crippen molar-refractivity contribution >= 4 is 23.6 Å². The van der Waals surface area contributed by atoms with E-state index >= 15 is 0 Å². The molecule has 1 aliphatic heterocycles. The van der Waals surface area contributed by atoms with Gasteiger partial charge < -0.3 is 15.1 Å². The highest BCUT2D eigenvalue weighted by Gasteiger charge is 2.34. The van der Waals surface area contributed by atoms with Gasteiger partial charge in [0.1, 0.15) is 6.04 Å². The minimum absolute atomic E-state index is 0.0443. The minimum Gasteiger partial charge on any atom is -0.347 e. The van der Waals surface area contributed by atoms with Crippen molar-refractivity contribution in [2.45, 2.75) is 10.9 Å². The van der Waals surface area contributed by atoms with Crippen LogP contribution in [0, 0.1) is 0 Å². The first-order chi connectivity index (χ1) is 10.1. The number of carbonyl (C=O) groups excluding carboxylic acids is 2. The van der Waals surface area contributed by atoms with Crippen molar-refractivity contribution in [2.75, 3.05) is 40.0 Å². The van der Waals surface area contributed by atoms with Gasteiger partial charge in [0.2, 0.25) is 5.91 Å². The third-order valence-electron chi connectivity index (χ3n) is 3.57. The molecule has 2 amide bonds. The maximum atomic E-state index is 12.8. The van der Waals surface area contributed by atoms with E-state index in [9.17, 15) is 9.59 Å². The second-order valence-corrected chi connectivity index (χ2v) is 6.00. The van der Waals surface area contributed by atoms with Crippen LogP contribution in [-0.4, -0.2) is 67.6 Å². The van der Waals surface area contributed by atoms with E-state index in [4.69, 9.17) is 0 Å². The summed E-state index contributed by atoms with van der Waals surface area (Å²) < 4.78 is 0. The smallest absolute Gasteiger partial charge is 0.255 e. The summed E-state index contributed by atoms with van der Waals surface area (Å²) in [6, 6.07) is 7.10. The Balaban J connectivity index is 2.28. The van der Waals surface area contributed by atoms with Gasteiger partial charge in [-0.05, 0) is 18.4 Å². The molecule has 1 aliphatic rings. The first-order valence-corrected chi connectivity index (χ1v) is 8.14. The molecule has 0 radical (unpaired) electrons. The largest absolute Gasteiger partial charge is 0.347 e. The van der Waals surface area contributed by atoms with E-state index in [2.05, 4.69) is 5.32 Å². The molecule has 1 unspecified atom stereocenters. The molecule has 6 heteroatoms. The van der Waals surface area contributed by atoms with Crippen molar-refractivity contribution in [3.63, 3.8) is 0 Å². The molecule has 0 spiro atoms. The van der Waals surface area contributed by atoms with Crippen molar-refractivity contribution < 1.29 is 9.59 Å². The predicted octanol–water partition coefficient (Wildman–Crippen LogP) is 0.911. The number of benzene rings is 1. The average molecular weight is 307 g/mol. The number of piperazine rings is 1. The highest BCUT2D eigenvalue weighted by molar-refractivity contribution is 7.98. The third-order valence-corrected chi connectivity index (χ3v) is 4.36. The molecule has 0 aromatic heterocycles. The molecule has 1 N–H and O–H groups in total.